The second-order valence-corrected chi connectivity index (χ2v) is 5.90. The molecule has 1 rings (SSSR count). The predicted molar refractivity (Wildman–Crippen MR) is 97.2 cm³/mol. The van der Waals surface area contributed by atoms with Gasteiger partial charge in [0.2, 0.25) is 0 Å². The Morgan fingerprint density at radius 1 is 1.33 bits per heavy atom. The van der Waals surface area contributed by atoms with Crippen molar-refractivity contribution in [1.29, 1.82) is 0 Å². The summed E-state index contributed by atoms with van der Waals surface area (Å²) in [5.74, 6) is 2.82. The van der Waals surface area contributed by atoms with E-state index in [0.717, 1.165) is 32.7 Å². The largest absolute Gasteiger partial charge is 0.144 e. The Labute approximate surface area is 132 Å². The van der Waals surface area contributed by atoms with Crippen LogP contribution in [-0.2, 0) is 0 Å². The molecule has 1 heterocycles. The highest BCUT2D eigenvalue weighted by Crippen LogP contribution is 2.28. The van der Waals surface area contributed by atoms with E-state index in [0.29, 0.717) is 0 Å². The van der Waals surface area contributed by atoms with Gasteiger partial charge in [-0.25, -0.2) is 0 Å². The van der Waals surface area contributed by atoms with Crippen LogP contribution in [0.4, 0.5) is 0 Å². The molecule has 0 aromatic carbocycles. The molecule has 0 spiro atoms. The van der Waals surface area contributed by atoms with Gasteiger partial charge in [-0.05, 0) is 61.9 Å². The van der Waals surface area contributed by atoms with Gasteiger partial charge in [0.05, 0.1) is 0 Å². The average molecular weight is 294 g/mol. The Morgan fingerprint density at radius 3 is 2.52 bits per heavy atom. The molecule has 0 aliphatic carbocycles. The Balaban J connectivity index is 3.36. The summed E-state index contributed by atoms with van der Waals surface area (Å²) in [6.07, 6.45) is 13.9. The summed E-state index contributed by atoms with van der Waals surface area (Å²) >= 11 is 1.69. The highest BCUT2D eigenvalue weighted by Gasteiger charge is 2.08. The molecule has 21 heavy (non-hydrogen) atoms. The van der Waals surface area contributed by atoms with Crippen molar-refractivity contribution >= 4 is 16.9 Å². The monoisotopic (exact) mass is 294 g/mol. The van der Waals surface area contributed by atoms with Crippen molar-refractivity contribution in [3.63, 3.8) is 0 Å². The Kier molecular flexibility index (Phi) is 6.72. The summed E-state index contributed by atoms with van der Waals surface area (Å²) in [5.41, 5.74) is 5.26. The third-order valence-electron chi connectivity index (χ3n) is 3.03. The first-order valence-electron chi connectivity index (χ1n) is 6.90. The van der Waals surface area contributed by atoms with Gasteiger partial charge in [-0.15, -0.1) is 17.8 Å². The molecule has 0 nitrogen and oxygen atoms in total. The van der Waals surface area contributed by atoms with Gasteiger partial charge in [0.1, 0.15) is 0 Å². The fourth-order valence-corrected chi connectivity index (χ4v) is 2.58. The summed E-state index contributed by atoms with van der Waals surface area (Å²) in [7, 11) is 0. The zero-order valence-electron chi connectivity index (χ0n) is 13.2. The first-order valence-corrected chi connectivity index (χ1v) is 7.78. The third kappa shape index (κ3) is 4.77. The van der Waals surface area contributed by atoms with Crippen LogP contribution in [0.25, 0.3) is 5.57 Å². The SMILES string of the molecule is C#CC(=C(C)C)C(=C\C(=C)c1cccs1)/C(C)=C\C=C/C. The molecule has 1 heteroatoms. The maximum atomic E-state index is 5.71. The predicted octanol–water partition coefficient (Wildman–Crippen LogP) is 6.18. The summed E-state index contributed by atoms with van der Waals surface area (Å²) in [6.45, 7) is 12.3. The Morgan fingerprint density at radius 2 is 2.05 bits per heavy atom. The van der Waals surface area contributed by atoms with Crippen LogP contribution in [0.5, 0.6) is 0 Å². The van der Waals surface area contributed by atoms with Gasteiger partial charge >= 0.3 is 0 Å². The Hall–Kier alpha value is -2.04. The first kappa shape index (κ1) is 17.0. The summed E-state index contributed by atoms with van der Waals surface area (Å²) < 4.78 is 0. The molecule has 0 aliphatic rings. The van der Waals surface area contributed by atoms with Crippen molar-refractivity contribution in [3.05, 3.63) is 75.6 Å². The smallest absolute Gasteiger partial charge is 0.0336 e. The highest BCUT2D eigenvalue weighted by molar-refractivity contribution is 7.11. The Bertz CT molecular complexity index is 649. The highest BCUT2D eigenvalue weighted by atomic mass is 32.1. The maximum Gasteiger partial charge on any atom is 0.0336 e. The number of allylic oxidation sites excluding steroid dienone is 9. The zero-order chi connectivity index (χ0) is 15.8. The van der Waals surface area contributed by atoms with Gasteiger partial charge in [0.15, 0.2) is 0 Å². The molecule has 0 N–H and O–H groups in total. The van der Waals surface area contributed by atoms with E-state index in [2.05, 4.69) is 43.0 Å². The lowest BCUT2D eigenvalue weighted by atomic mass is 9.93. The van der Waals surface area contributed by atoms with Crippen LogP contribution in [-0.4, -0.2) is 0 Å². The van der Waals surface area contributed by atoms with Crippen LogP contribution in [0.15, 0.2) is 70.7 Å². The molecule has 0 bridgehead atoms. The van der Waals surface area contributed by atoms with Gasteiger partial charge in [0.25, 0.3) is 0 Å². The summed E-state index contributed by atoms with van der Waals surface area (Å²) in [6, 6.07) is 4.11. The van der Waals surface area contributed by atoms with Gasteiger partial charge in [-0.1, -0.05) is 42.4 Å². The first-order chi connectivity index (χ1) is 10.0. The van der Waals surface area contributed by atoms with E-state index in [1.54, 1.807) is 11.3 Å². The van der Waals surface area contributed by atoms with E-state index < -0.39 is 0 Å². The van der Waals surface area contributed by atoms with E-state index in [1.165, 1.54) is 0 Å². The molecule has 0 atom stereocenters. The van der Waals surface area contributed by atoms with Crippen LogP contribution in [0.2, 0.25) is 0 Å². The average Bonchev–Trinajstić information content (AvgIpc) is 2.98. The van der Waals surface area contributed by atoms with E-state index in [-0.39, 0.29) is 0 Å². The van der Waals surface area contributed by atoms with Crippen molar-refractivity contribution in [3.8, 4) is 12.3 Å². The lowest BCUT2D eigenvalue weighted by molar-refractivity contribution is 1.29. The van der Waals surface area contributed by atoms with Gasteiger partial charge < -0.3 is 0 Å². The molecule has 0 unspecified atom stereocenters. The van der Waals surface area contributed by atoms with Gasteiger partial charge in [0, 0.05) is 10.5 Å². The molecular weight excluding hydrogens is 272 g/mol. The summed E-state index contributed by atoms with van der Waals surface area (Å²) in [5, 5.41) is 2.06. The quantitative estimate of drug-likeness (QED) is 0.449. The molecule has 108 valence electrons. The minimum atomic E-state index is 0.936. The summed E-state index contributed by atoms with van der Waals surface area (Å²) in [4.78, 5) is 1.16. The van der Waals surface area contributed by atoms with Crippen LogP contribution in [0, 0.1) is 12.3 Å². The van der Waals surface area contributed by atoms with Crippen molar-refractivity contribution in [2.24, 2.45) is 0 Å². The van der Waals surface area contributed by atoms with Crippen molar-refractivity contribution < 1.29 is 0 Å². The molecule has 0 amide bonds. The molecular formula is C20H22S. The van der Waals surface area contributed by atoms with E-state index in [1.807, 2.05) is 39.0 Å². The normalized spacial score (nSPS) is 12.3. The van der Waals surface area contributed by atoms with Gasteiger partial charge in [-0.3, -0.25) is 0 Å². The maximum absolute atomic E-state index is 5.71. The zero-order valence-corrected chi connectivity index (χ0v) is 14.1. The number of thiophene rings is 1. The molecule has 0 saturated heterocycles. The van der Waals surface area contributed by atoms with E-state index >= 15 is 0 Å². The molecule has 1 aromatic heterocycles. The van der Waals surface area contributed by atoms with Gasteiger partial charge in [-0.2, -0.15) is 0 Å². The minimum Gasteiger partial charge on any atom is -0.144 e. The van der Waals surface area contributed by atoms with Crippen molar-refractivity contribution in [2.45, 2.75) is 27.7 Å². The molecule has 0 radical (unpaired) electrons. The van der Waals surface area contributed by atoms with Crippen LogP contribution < -0.4 is 0 Å². The standard InChI is InChI=1S/C20H22S/c1-7-9-11-16(5)19(18(8-2)15(3)4)14-17(6)20-12-10-13-21-20/h2,7,9-14H,6H2,1,3-5H3/b9-7-,16-11-,19-14-. The second-order valence-electron chi connectivity index (χ2n) is 4.96. The van der Waals surface area contributed by atoms with Crippen LogP contribution in [0.3, 0.4) is 0 Å². The third-order valence-corrected chi connectivity index (χ3v) is 3.98. The van der Waals surface area contributed by atoms with Crippen molar-refractivity contribution in [1.82, 2.24) is 0 Å². The molecule has 1 aromatic rings. The number of hydrogen-bond acceptors (Lipinski definition) is 1. The fourth-order valence-electron chi connectivity index (χ4n) is 1.91. The number of terminal acetylenes is 1. The fraction of sp³-hybridized carbons (Fsp3) is 0.200. The second kappa shape index (κ2) is 8.29. The minimum absolute atomic E-state index is 0.936. The lowest BCUT2D eigenvalue weighted by Gasteiger charge is -2.11. The topological polar surface area (TPSA) is 0 Å². The van der Waals surface area contributed by atoms with Crippen LogP contribution in [0.1, 0.15) is 32.6 Å². The molecule has 0 aliphatic heterocycles. The number of hydrogen-bond donors (Lipinski definition) is 0. The molecule has 0 fully saturated rings. The van der Waals surface area contributed by atoms with E-state index in [4.69, 9.17) is 6.42 Å². The number of rotatable bonds is 5. The van der Waals surface area contributed by atoms with Crippen LogP contribution >= 0.6 is 11.3 Å². The van der Waals surface area contributed by atoms with E-state index in [9.17, 15) is 0 Å². The lowest BCUT2D eigenvalue weighted by Crippen LogP contribution is -1.93. The van der Waals surface area contributed by atoms with Crippen molar-refractivity contribution in [2.75, 3.05) is 0 Å². The molecule has 0 saturated carbocycles.